The molecule has 2 aromatic carbocycles. The number of nitrogens with zero attached hydrogens (tertiary/aromatic N) is 3. The van der Waals surface area contributed by atoms with Crippen molar-refractivity contribution < 1.29 is 4.74 Å². The van der Waals surface area contributed by atoms with Crippen molar-refractivity contribution >= 4 is 39.1 Å². The number of aryl methyl sites for hydroxylation is 1. The Morgan fingerprint density at radius 3 is 2.82 bits per heavy atom. The summed E-state index contributed by atoms with van der Waals surface area (Å²) in [4.78, 5) is 4.50. The smallest absolute Gasteiger partial charge is 0.224 e. The van der Waals surface area contributed by atoms with E-state index in [1.807, 2.05) is 54.1 Å². The summed E-state index contributed by atoms with van der Waals surface area (Å²) in [6.45, 7) is 0. The van der Waals surface area contributed by atoms with Crippen LogP contribution in [-0.4, -0.2) is 22.9 Å². The molecule has 0 unspecified atom stereocenters. The number of para-hydroxylation sites is 2. The van der Waals surface area contributed by atoms with Crippen molar-refractivity contribution in [3.8, 4) is 5.75 Å². The predicted molar refractivity (Wildman–Crippen MR) is 92.6 cm³/mol. The predicted octanol–water partition coefficient (Wildman–Crippen LogP) is 3.79. The normalized spacial score (nSPS) is 11.2. The van der Waals surface area contributed by atoms with Gasteiger partial charge in [0.15, 0.2) is 0 Å². The van der Waals surface area contributed by atoms with E-state index in [9.17, 15) is 0 Å². The van der Waals surface area contributed by atoms with E-state index in [2.05, 4.69) is 31.4 Å². The lowest BCUT2D eigenvalue weighted by Gasteiger charge is -2.03. The van der Waals surface area contributed by atoms with Crippen LogP contribution in [0.2, 0.25) is 0 Å². The fraction of sp³-hybridized carbons (Fsp3) is 0.125. The molecular weight excluding hydrogens is 344 g/mol. The Bertz CT molecular complexity index is 841. The summed E-state index contributed by atoms with van der Waals surface area (Å²) in [5, 5.41) is 4.24. The number of halogens is 1. The van der Waals surface area contributed by atoms with Crippen LogP contribution >= 0.6 is 15.9 Å². The molecule has 0 aliphatic carbocycles. The summed E-state index contributed by atoms with van der Waals surface area (Å²) in [5.41, 5.74) is 5.93. The largest absolute Gasteiger partial charge is 0.496 e. The average Bonchev–Trinajstić information content (AvgIpc) is 2.84. The van der Waals surface area contributed by atoms with Crippen molar-refractivity contribution in [2.75, 3.05) is 12.5 Å². The first-order valence-corrected chi connectivity index (χ1v) is 7.52. The average molecular weight is 359 g/mol. The summed E-state index contributed by atoms with van der Waals surface area (Å²) in [6.07, 6.45) is 1.74. The van der Waals surface area contributed by atoms with Crippen LogP contribution in [-0.2, 0) is 7.05 Å². The highest BCUT2D eigenvalue weighted by Gasteiger charge is 2.05. The van der Waals surface area contributed by atoms with Gasteiger partial charge in [0.25, 0.3) is 0 Å². The minimum atomic E-state index is 0.699. The third-order valence-corrected chi connectivity index (χ3v) is 3.96. The van der Waals surface area contributed by atoms with E-state index in [0.29, 0.717) is 5.95 Å². The maximum Gasteiger partial charge on any atom is 0.224 e. The van der Waals surface area contributed by atoms with Crippen molar-refractivity contribution in [1.82, 2.24) is 9.55 Å². The number of fused-ring (bicyclic) bond motifs is 1. The minimum absolute atomic E-state index is 0.699. The molecule has 1 aromatic heterocycles. The molecule has 0 aliphatic heterocycles. The first-order valence-electron chi connectivity index (χ1n) is 6.73. The van der Waals surface area contributed by atoms with Crippen molar-refractivity contribution in [2.45, 2.75) is 0 Å². The van der Waals surface area contributed by atoms with E-state index in [0.717, 1.165) is 26.8 Å². The molecular formula is C16H15BrN4O. The number of hydrogen-bond acceptors (Lipinski definition) is 4. The fourth-order valence-corrected chi connectivity index (χ4v) is 2.73. The summed E-state index contributed by atoms with van der Waals surface area (Å²) < 4.78 is 8.06. The topological polar surface area (TPSA) is 51.4 Å². The van der Waals surface area contributed by atoms with Gasteiger partial charge in [0, 0.05) is 7.05 Å². The molecule has 0 radical (unpaired) electrons. The summed E-state index contributed by atoms with van der Waals surface area (Å²) in [7, 11) is 3.60. The first kappa shape index (κ1) is 14.6. The molecule has 22 heavy (non-hydrogen) atoms. The lowest BCUT2D eigenvalue weighted by molar-refractivity contribution is 0.412. The Labute approximate surface area is 136 Å². The molecule has 112 valence electrons. The molecule has 0 amide bonds. The van der Waals surface area contributed by atoms with E-state index < -0.39 is 0 Å². The molecule has 0 saturated heterocycles. The third kappa shape index (κ3) is 2.82. The molecule has 0 aliphatic rings. The highest BCUT2D eigenvalue weighted by atomic mass is 79.9. The first-order chi connectivity index (χ1) is 10.7. The molecule has 0 bridgehead atoms. The molecule has 1 heterocycles. The molecule has 3 aromatic rings. The Hall–Kier alpha value is -2.34. The van der Waals surface area contributed by atoms with Crippen LogP contribution < -0.4 is 10.2 Å². The van der Waals surface area contributed by atoms with Crippen LogP contribution in [0.1, 0.15) is 5.56 Å². The lowest BCUT2D eigenvalue weighted by atomic mass is 10.2. The van der Waals surface area contributed by atoms with E-state index in [1.54, 1.807) is 13.3 Å². The van der Waals surface area contributed by atoms with Crippen LogP contribution in [0.15, 0.2) is 52.0 Å². The quantitative estimate of drug-likeness (QED) is 0.570. The van der Waals surface area contributed by atoms with E-state index >= 15 is 0 Å². The van der Waals surface area contributed by atoms with E-state index in [-0.39, 0.29) is 0 Å². The van der Waals surface area contributed by atoms with Gasteiger partial charge < -0.3 is 9.30 Å². The number of methoxy groups -OCH3 is 1. The maximum atomic E-state index is 5.20. The molecule has 5 nitrogen and oxygen atoms in total. The number of benzene rings is 2. The highest BCUT2D eigenvalue weighted by Crippen LogP contribution is 2.25. The minimum Gasteiger partial charge on any atom is -0.496 e. The van der Waals surface area contributed by atoms with Gasteiger partial charge in [-0.05, 0) is 51.8 Å². The zero-order valence-corrected chi connectivity index (χ0v) is 13.8. The van der Waals surface area contributed by atoms with Gasteiger partial charge in [-0.2, -0.15) is 5.10 Å². The second kappa shape index (κ2) is 6.19. The Kier molecular flexibility index (Phi) is 4.11. The van der Waals surface area contributed by atoms with Gasteiger partial charge in [0.05, 0.1) is 28.8 Å². The Balaban J connectivity index is 1.78. The second-order valence-electron chi connectivity index (χ2n) is 4.75. The number of aromatic nitrogens is 2. The van der Waals surface area contributed by atoms with Gasteiger partial charge in [-0.25, -0.2) is 10.4 Å². The van der Waals surface area contributed by atoms with Crippen LogP contribution in [0.4, 0.5) is 5.95 Å². The molecule has 0 atom stereocenters. The van der Waals surface area contributed by atoms with E-state index in [4.69, 9.17) is 4.74 Å². The van der Waals surface area contributed by atoms with Crippen LogP contribution in [0.25, 0.3) is 11.0 Å². The van der Waals surface area contributed by atoms with Crippen molar-refractivity contribution in [3.05, 3.63) is 52.5 Å². The summed E-state index contributed by atoms with van der Waals surface area (Å²) >= 11 is 3.46. The maximum absolute atomic E-state index is 5.20. The number of hydrogen-bond donors (Lipinski definition) is 1. The summed E-state index contributed by atoms with van der Waals surface area (Å²) in [6, 6.07) is 13.7. The van der Waals surface area contributed by atoms with Gasteiger partial charge in [-0.15, -0.1) is 0 Å². The zero-order valence-electron chi connectivity index (χ0n) is 12.2. The molecule has 0 saturated carbocycles. The molecule has 6 heteroatoms. The number of hydrazone groups is 1. The molecule has 1 N–H and O–H groups in total. The van der Waals surface area contributed by atoms with Crippen molar-refractivity contribution in [3.63, 3.8) is 0 Å². The van der Waals surface area contributed by atoms with Gasteiger partial charge in [-0.3, -0.25) is 0 Å². The lowest BCUT2D eigenvalue weighted by Crippen LogP contribution is -1.98. The van der Waals surface area contributed by atoms with Crippen LogP contribution in [0.3, 0.4) is 0 Å². The van der Waals surface area contributed by atoms with Crippen LogP contribution in [0, 0.1) is 0 Å². The standard InChI is InChI=1S/C16H15BrN4O/c1-21-14-6-4-3-5-13(14)19-16(21)20-18-10-11-7-8-15(22-2)12(17)9-11/h3-10H,1-2H3,(H,19,20)/b18-10-. The van der Waals surface area contributed by atoms with Gasteiger partial charge in [0.1, 0.15) is 5.75 Å². The Morgan fingerprint density at radius 2 is 2.09 bits per heavy atom. The second-order valence-corrected chi connectivity index (χ2v) is 5.60. The Morgan fingerprint density at radius 1 is 1.27 bits per heavy atom. The number of nitrogens with one attached hydrogen (secondary N) is 1. The van der Waals surface area contributed by atoms with Gasteiger partial charge in [-0.1, -0.05) is 12.1 Å². The number of imidazole rings is 1. The summed E-state index contributed by atoms with van der Waals surface area (Å²) in [5.74, 6) is 1.49. The third-order valence-electron chi connectivity index (χ3n) is 3.34. The number of rotatable bonds is 4. The fourth-order valence-electron chi connectivity index (χ4n) is 2.17. The van der Waals surface area contributed by atoms with E-state index in [1.165, 1.54) is 0 Å². The van der Waals surface area contributed by atoms with Gasteiger partial charge in [0.2, 0.25) is 5.95 Å². The zero-order chi connectivity index (χ0) is 15.5. The monoisotopic (exact) mass is 358 g/mol. The number of ether oxygens (including phenoxy) is 1. The van der Waals surface area contributed by atoms with Crippen molar-refractivity contribution in [2.24, 2.45) is 12.1 Å². The van der Waals surface area contributed by atoms with Gasteiger partial charge >= 0.3 is 0 Å². The SMILES string of the molecule is COc1ccc(/C=N\Nc2nc3ccccc3n2C)cc1Br. The number of anilines is 1. The molecule has 3 rings (SSSR count). The van der Waals surface area contributed by atoms with Crippen molar-refractivity contribution in [1.29, 1.82) is 0 Å². The molecule has 0 fully saturated rings. The molecule has 0 spiro atoms. The van der Waals surface area contributed by atoms with Crippen LogP contribution in [0.5, 0.6) is 5.75 Å². The highest BCUT2D eigenvalue weighted by molar-refractivity contribution is 9.10.